The van der Waals surface area contributed by atoms with Gasteiger partial charge in [0.2, 0.25) is 0 Å². The summed E-state index contributed by atoms with van der Waals surface area (Å²) in [6.45, 7) is 1.65. The maximum absolute atomic E-state index is 11.9. The average Bonchev–Trinajstić information content (AvgIpc) is 2.79. The van der Waals surface area contributed by atoms with Crippen LogP contribution in [0.1, 0.15) is 19.8 Å². The summed E-state index contributed by atoms with van der Waals surface area (Å²) in [6.07, 6.45) is -3.63. The Balaban J connectivity index is 1.97. The van der Waals surface area contributed by atoms with Gasteiger partial charge in [0.15, 0.2) is 6.10 Å². The molecule has 0 amide bonds. The predicted octanol–water partition coefficient (Wildman–Crippen LogP) is 1.71. The van der Waals surface area contributed by atoms with E-state index < -0.39 is 12.3 Å². The van der Waals surface area contributed by atoms with Crippen LogP contribution in [0.4, 0.5) is 13.2 Å². The van der Waals surface area contributed by atoms with Crippen LogP contribution < -0.4 is 5.32 Å². The summed E-state index contributed by atoms with van der Waals surface area (Å²) < 4.78 is 40.3. The van der Waals surface area contributed by atoms with Gasteiger partial charge in [0.05, 0.1) is 6.61 Å². The Morgan fingerprint density at radius 3 is 2.54 bits per heavy atom. The minimum Gasteiger partial charge on any atom is -0.368 e. The molecule has 1 aliphatic rings. The number of rotatable bonds is 5. The first-order chi connectivity index (χ1) is 6.00. The van der Waals surface area contributed by atoms with Crippen LogP contribution in [-0.4, -0.2) is 31.5 Å². The summed E-state index contributed by atoms with van der Waals surface area (Å²) in [5.41, 5.74) is 0. The molecular weight excluding hydrogens is 183 g/mol. The van der Waals surface area contributed by atoms with Crippen molar-refractivity contribution in [2.45, 2.75) is 38.1 Å². The highest BCUT2D eigenvalue weighted by molar-refractivity contribution is 4.80. The van der Waals surface area contributed by atoms with E-state index in [1.165, 1.54) is 0 Å². The molecule has 0 saturated heterocycles. The summed E-state index contributed by atoms with van der Waals surface area (Å²) in [6, 6.07) is 0.518. The minimum absolute atomic E-state index is 0.122. The van der Waals surface area contributed by atoms with Gasteiger partial charge in [-0.25, -0.2) is 0 Å². The average molecular weight is 197 g/mol. The molecule has 1 unspecified atom stereocenters. The quantitative estimate of drug-likeness (QED) is 0.677. The zero-order chi connectivity index (χ0) is 9.90. The Hall–Kier alpha value is -0.290. The monoisotopic (exact) mass is 197 g/mol. The van der Waals surface area contributed by atoms with Crippen LogP contribution in [0.25, 0.3) is 0 Å². The van der Waals surface area contributed by atoms with Crippen LogP contribution in [0.5, 0.6) is 0 Å². The Bertz CT molecular complexity index is 156. The lowest BCUT2D eigenvalue weighted by atomic mass is 10.4. The lowest BCUT2D eigenvalue weighted by molar-refractivity contribution is -0.213. The minimum atomic E-state index is -4.24. The van der Waals surface area contributed by atoms with Crippen molar-refractivity contribution < 1.29 is 17.9 Å². The second kappa shape index (κ2) is 4.28. The number of alkyl halides is 3. The van der Waals surface area contributed by atoms with Gasteiger partial charge in [-0.05, 0) is 19.8 Å². The molecule has 0 radical (unpaired) electrons. The van der Waals surface area contributed by atoms with Gasteiger partial charge in [-0.15, -0.1) is 0 Å². The van der Waals surface area contributed by atoms with E-state index in [0.717, 1.165) is 19.8 Å². The summed E-state index contributed by atoms with van der Waals surface area (Å²) in [5, 5.41) is 3.07. The van der Waals surface area contributed by atoms with Crippen molar-refractivity contribution >= 4 is 0 Å². The van der Waals surface area contributed by atoms with Gasteiger partial charge in [-0.3, -0.25) is 0 Å². The molecule has 1 aliphatic carbocycles. The van der Waals surface area contributed by atoms with Crippen molar-refractivity contribution in [1.82, 2.24) is 5.32 Å². The molecule has 0 bridgehead atoms. The zero-order valence-electron chi connectivity index (χ0n) is 7.53. The van der Waals surface area contributed by atoms with Crippen molar-refractivity contribution in [3.05, 3.63) is 0 Å². The Kier molecular flexibility index (Phi) is 3.55. The summed E-state index contributed by atoms with van der Waals surface area (Å²) in [7, 11) is 0. The molecule has 1 fully saturated rings. The first-order valence-electron chi connectivity index (χ1n) is 4.42. The molecule has 1 atom stereocenters. The van der Waals surface area contributed by atoms with Crippen LogP contribution in [0.3, 0.4) is 0 Å². The van der Waals surface area contributed by atoms with Gasteiger partial charge in [0.25, 0.3) is 0 Å². The van der Waals surface area contributed by atoms with Crippen molar-refractivity contribution in [3.63, 3.8) is 0 Å². The lowest BCUT2D eigenvalue weighted by Crippen LogP contribution is -2.31. The molecule has 78 valence electrons. The molecule has 2 nitrogen and oxygen atoms in total. The fourth-order valence-corrected chi connectivity index (χ4v) is 0.881. The number of hydrogen-bond acceptors (Lipinski definition) is 2. The topological polar surface area (TPSA) is 21.3 Å². The molecule has 0 aromatic rings. The predicted molar refractivity (Wildman–Crippen MR) is 42.5 cm³/mol. The Labute approximate surface area is 75.4 Å². The summed E-state index contributed by atoms with van der Waals surface area (Å²) in [4.78, 5) is 0. The standard InChI is InChI=1S/C8H14F3NO/c1-6(8(9,10)11)13-5-4-12-7-2-3-7/h6-7,12H,2-5H2,1H3. The molecule has 13 heavy (non-hydrogen) atoms. The zero-order valence-corrected chi connectivity index (χ0v) is 7.53. The molecule has 0 heterocycles. The fraction of sp³-hybridized carbons (Fsp3) is 1.00. The van der Waals surface area contributed by atoms with E-state index in [9.17, 15) is 13.2 Å². The van der Waals surface area contributed by atoms with Gasteiger partial charge < -0.3 is 10.1 Å². The molecule has 0 aromatic carbocycles. The van der Waals surface area contributed by atoms with Gasteiger partial charge in [-0.2, -0.15) is 13.2 Å². The van der Waals surface area contributed by atoms with Crippen molar-refractivity contribution in [1.29, 1.82) is 0 Å². The Morgan fingerprint density at radius 2 is 2.08 bits per heavy atom. The fourth-order valence-electron chi connectivity index (χ4n) is 0.881. The van der Waals surface area contributed by atoms with E-state index in [2.05, 4.69) is 10.1 Å². The molecule has 1 rings (SSSR count). The first kappa shape index (κ1) is 10.8. The van der Waals surface area contributed by atoms with E-state index in [4.69, 9.17) is 0 Å². The molecule has 5 heteroatoms. The normalized spacial score (nSPS) is 20.3. The van der Waals surface area contributed by atoms with Gasteiger partial charge in [-0.1, -0.05) is 0 Å². The SMILES string of the molecule is CC(OCCNC1CC1)C(F)(F)F. The highest BCUT2D eigenvalue weighted by Gasteiger charge is 2.36. The van der Waals surface area contributed by atoms with Crippen molar-refractivity contribution in [3.8, 4) is 0 Å². The second-order valence-corrected chi connectivity index (χ2v) is 3.28. The van der Waals surface area contributed by atoms with Crippen LogP contribution in [0.15, 0.2) is 0 Å². The largest absolute Gasteiger partial charge is 0.414 e. The highest BCUT2D eigenvalue weighted by Crippen LogP contribution is 2.22. The summed E-state index contributed by atoms with van der Waals surface area (Å²) in [5.74, 6) is 0. The van der Waals surface area contributed by atoms with E-state index in [1.807, 2.05) is 0 Å². The van der Waals surface area contributed by atoms with E-state index in [0.29, 0.717) is 12.6 Å². The number of halogens is 3. The lowest BCUT2D eigenvalue weighted by Gasteiger charge is -2.16. The van der Waals surface area contributed by atoms with Crippen LogP contribution >= 0.6 is 0 Å². The third-order valence-electron chi connectivity index (χ3n) is 1.94. The van der Waals surface area contributed by atoms with Crippen LogP contribution in [0, 0.1) is 0 Å². The van der Waals surface area contributed by atoms with Crippen molar-refractivity contribution in [2.75, 3.05) is 13.2 Å². The second-order valence-electron chi connectivity index (χ2n) is 3.28. The first-order valence-corrected chi connectivity index (χ1v) is 4.42. The van der Waals surface area contributed by atoms with Crippen LogP contribution in [0.2, 0.25) is 0 Å². The molecule has 0 aliphatic heterocycles. The Morgan fingerprint density at radius 1 is 1.46 bits per heavy atom. The van der Waals surface area contributed by atoms with Gasteiger partial charge >= 0.3 is 6.18 Å². The van der Waals surface area contributed by atoms with E-state index >= 15 is 0 Å². The van der Waals surface area contributed by atoms with Gasteiger partial charge in [0, 0.05) is 12.6 Å². The maximum Gasteiger partial charge on any atom is 0.414 e. The van der Waals surface area contributed by atoms with E-state index in [1.54, 1.807) is 0 Å². The molecule has 0 spiro atoms. The van der Waals surface area contributed by atoms with E-state index in [-0.39, 0.29) is 6.61 Å². The summed E-state index contributed by atoms with van der Waals surface area (Å²) >= 11 is 0. The molecule has 0 aromatic heterocycles. The number of nitrogens with one attached hydrogen (secondary N) is 1. The highest BCUT2D eigenvalue weighted by atomic mass is 19.4. The van der Waals surface area contributed by atoms with Crippen molar-refractivity contribution in [2.24, 2.45) is 0 Å². The third kappa shape index (κ3) is 4.47. The molecule has 1 N–H and O–H groups in total. The number of hydrogen-bond donors (Lipinski definition) is 1. The van der Waals surface area contributed by atoms with Gasteiger partial charge in [0.1, 0.15) is 0 Å². The molecular formula is C8H14F3NO. The van der Waals surface area contributed by atoms with Crippen LogP contribution in [-0.2, 0) is 4.74 Å². The molecule has 1 saturated carbocycles. The third-order valence-corrected chi connectivity index (χ3v) is 1.94. The number of ether oxygens (including phenoxy) is 1. The maximum atomic E-state index is 11.9. The smallest absolute Gasteiger partial charge is 0.368 e.